The summed E-state index contributed by atoms with van der Waals surface area (Å²) in [4.78, 5) is 1.43. The van der Waals surface area contributed by atoms with Gasteiger partial charge < -0.3 is 10.1 Å². The quantitative estimate of drug-likeness (QED) is 0.921. The van der Waals surface area contributed by atoms with Crippen LogP contribution in [0.1, 0.15) is 35.9 Å². The minimum Gasteiger partial charge on any atom is -0.375 e. The topological polar surface area (TPSA) is 21.3 Å². The summed E-state index contributed by atoms with van der Waals surface area (Å²) in [7, 11) is 0. The van der Waals surface area contributed by atoms with Crippen LogP contribution in [0.15, 0.2) is 41.8 Å². The Bertz CT molecular complexity index is 562. The summed E-state index contributed by atoms with van der Waals surface area (Å²) in [6.45, 7) is 7.04. The Morgan fingerprint density at radius 1 is 1.25 bits per heavy atom. The van der Waals surface area contributed by atoms with E-state index in [1.165, 1.54) is 16.0 Å². The zero-order chi connectivity index (χ0) is 14.0. The van der Waals surface area contributed by atoms with Gasteiger partial charge in [-0.25, -0.2) is 0 Å². The highest BCUT2D eigenvalue weighted by Gasteiger charge is 2.25. The van der Waals surface area contributed by atoms with Gasteiger partial charge in [-0.05, 0) is 22.6 Å². The molecule has 1 aliphatic heterocycles. The van der Waals surface area contributed by atoms with Crippen molar-refractivity contribution in [1.29, 1.82) is 0 Å². The van der Waals surface area contributed by atoms with Gasteiger partial charge in [-0.2, -0.15) is 0 Å². The molecule has 0 saturated heterocycles. The van der Waals surface area contributed by atoms with Crippen molar-refractivity contribution < 1.29 is 4.74 Å². The first-order valence-electron chi connectivity index (χ1n) is 7.10. The van der Waals surface area contributed by atoms with Crippen LogP contribution in [-0.4, -0.2) is 13.2 Å². The van der Waals surface area contributed by atoms with Gasteiger partial charge >= 0.3 is 0 Å². The normalized spacial score (nSPS) is 18.8. The molecule has 3 rings (SSSR count). The van der Waals surface area contributed by atoms with Crippen molar-refractivity contribution in [1.82, 2.24) is 5.32 Å². The molecule has 106 valence electrons. The van der Waals surface area contributed by atoms with Gasteiger partial charge in [0.1, 0.15) is 0 Å². The molecule has 0 radical (unpaired) electrons. The fourth-order valence-corrected chi connectivity index (χ4v) is 3.53. The third-order valence-corrected chi connectivity index (χ3v) is 5.19. The molecule has 0 bridgehead atoms. The van der Waals surface area contributed by atoms with Crippen molar-refractivity contribution in [3.63, 3.8) is 0 Å². The molecule has 1 aliphatic rings. The van der Waals surface area contributed by atoms with Crippen LogP contribution in [0.3, 0.4) is 0 Å². The fourth-order valence-electron chi connectivity index (χ4n) is 2.68. The Labute approximate surface area is 124 Å². The van der Waals surface area contributed by atoms with E-state index in [1.54, 1.807) is 0 Å². The van der Waals surface area contributed by atoms with E-state index >= 15 is 0 Å². The summed E-state index contributed by atoms with van der Waals surface area (Å²) in [6, 6.07) is 13.2. The summed E-state index contributed by atoms with van der Waals surface area (Å²) >= 11 is 1.83. The van der Waals surface area contributed by atoms with E-state index in [2.05, 4.69) is 60.9 Å². The molecule has 0 spiro atoms. The molecule has 3 heteroatoms. The lowest BCUT2D eigenvalue weighted by molar-refractivity contribution is 0.0807. The van der Waals surface area contributed by atoms with Crippen molar-refractivity contribution in [2.45, 2.75) is 31.9 Å². The molecular weight excluding hydrogens is 266 g/mol. The van der Waals surface area contributed by atoms with Crippen molar-refractivity contribution >= 4 is 11.3 Å². The highest BCUT2D eigenvalue weighted by molar-refractivity contribution is 7.10. The van der Waals surface area contributed by atoms with E-state index in [-0.39, 0.29) is 5.41 Å². The number of rotatable bonds is 4. The van der Waals surface area contributed by atoms with Gasteiger partial charge in [0.2, 0.25) is 0 Å². The number of ether oxygens (including phenoxy) is 1. The summed E-state index contributed by atoms with van der Waals surface area (Å²) in [5, 5.41) is 5.84. The predicted octanol–water partition coefficient (Wildman–Crippen LogP) is 3.89. The van der Waals surface area contributed by atoms with Crippen molar-refractivity contribution in [3.8, 4) is 0 Å². The predicted molar refractivity (Wildman–Crippen MR) is 84.2 cm³/mol. The third-order valence-electron chi connectivity index (χ3n) is 3.95. The Hall–Kier alpha value is -1.16. The van der Waals surface area contributed by atoms with Crippen molar-refractivity contribution in [2.24, 2.45) is 0 Å². The minimum atomic E-state index is 0.153. The number of thiophene rings is 1. The van der Waals surface area contributed by atoms with E-state index in [9.17, 15) is 0 Å². The number of hydrogen-bond acceptors (Lipinski definition) is 3. The molecule has 0 fully saturated rings. The zero-order valence-corrected chi connectivity index (χ0v) is 12.9. The van der Waals surface area contributed by atoms with Crippen LogP contribution in [0.2, 0.25) is 0 Å². The fraction of sp³-hybridized carbons (Fsp3) is 0.412. The maximum absolute atomic E-state index is 5.70. The second kappa shape index (κ2) is 5.68. The van der Waals surface area contributed by atoms with Crippen LogP contribution in [0.4, 0.5) is 0 Å². The lowest BCUT2D eigenvalue weighted by atomic mass is 9.90. The maximum atomic E-state index is 5.70. The van der Waals surface area contributed by atoms with Crippen LogP contribution < -0.4 is 5.32 Å². The molecule has 2 nitrogen and oxygen atoms in total. The zero-order valence-electron chi connectivity index (χ0n) is 12.1. The average Bonchev–Trinajstić information content (AvgIpc) is 3.00. The molecule has 2 heterocycles. The molecule has 2 aromatic rings. The molecular formula is C17H21NOS. The van der Waals surface area contributed by atoms with Crippen LogP contribution in [0.25, 0.3) is 0 Å². The van der Waals surface area contributed by atoms with Gasteiger partial charge in [0, 0.05) is 16.8 Å². The van der Waals surface area contributed by atoms with Crippen LogP contribution in [0, 0.1) is 0 Å². The molecule has 1 unspecified atom stereocenters. The number of nitrogens with one attached hydrogen (secondary N) is 1. The first kappa shape index (κ1) is 13.8. The second-order valence-electron chi connectivity index (χ2n) is 6.01. The smallest absolute Gasteiger partial charge is 0.0721 e. The summed E-state index contributed by atoms with van der Waals surface area (Å²) in [6.07, 6.45) is 0. The van der Waals surface area contributed by atoms with E-state index in [1.807, 2.05) is 11.3 Å². The standard InChI is InChI=1S/C17H21NOS/c1-17(2,16-8-5-9-20-16)12-18-15-11-19-10-13-6-3-4-7-14(13)15/h3-9,15,18H,10-12H2,1-2H3. The van der Waals surface area contributed by atoms with Crippen LogP contribution in [-0.2, 0) is 16.8 Å². The van der Waals surface area contributed by atoms with Crippen molar-refractivity contribution in [3.05, 3.63) is 57.8 Å². The van der Waals surface area contributed by atoms with Gasteiger partial charge in [-0.15, -0.1) is 11.3 Å². The highest BCUT2D eigenvalue weighted by atomic mass is 32.1. The summed E-state index contributed by atoms with van der Waals surface area (Å²) in [5.74, 6) is 0. The molecule has 1 aromatic heterocycles. The van der Waals surface area contributed by atoms with E-state index in [0.717, 1.165) is 19.8 Å². The Kier molecular flexibility index (Phi) is 3.92. The first-order valence-corrected chi connectivity index (χ1v) is 7.98. The van der Waals surface area contributed by atoms with Gasteiger partial charge in [0.05, 0.1) is 19.3 Å². The molecule has 0 aliphatic carbocycles. The molecule has 1 aromatic carbocycles. The number of hydrogen-bond donors (Lipinski definition) is 1. The van der Waals surface area contributed by atoms with Gasteiger partial charge in [0.15, 0.2) is 0 Å². The van der Waals surface area contributed by atoms with Crippen LogP contribution >= 0.6 is 11.3 Å². The van der Waals surface area contributed by atoms with E-state index in [4.69, 9.17) is 4.74 Å². The highest BCUT2D eigenvalue weighted by Crippen LogP contribution is 2.29. The van der Waals surface area contributed by atoms with Gasteiger partial charge in [-0.1, -0.05) is 44.2 Å². The lowest BCUT2D eigenvalue weighted by Crippen LogP contribution is -2.38. The summed E-state index contributed by atoms with van der Waals surface area (Å²) in [5.41, 5.74) is 2.85. The number of benzene rings is 1. The molecule has 1 atom stereocenters. The van der Waals surface area contributed by atoms with Gasteiger partial charge in [0.25, 0.3) is 0 Å². The Morgan fingerprint density at radius 3 is 2.90 bits per heavy atom. The van der Waals surface area contributed by atoms with E-state index < -0.39 is 0 Å². The SMILES string of the molecule is CC(C)(CNC1COCc2ccccc21)c1cccs1. The monoisotopic (exact) mass is 287 g/mol. The van der Waals surface area contributed by atoms with Gasteiger partial charge in [-0.3, -0.25) is 0 Å². The first-order chi connectivity index (χ1) is 9.67. The third kappa shape index (κ3) is 2.80. The molecule has 0 amide bonds. The lowest BCUT2D eigenvalue weighted by Gasteiger charge is -2.31. The minimum absolute atomic E-state index is 0.153. The second-order valence-corrected chi connectivity index (χ2v) is 6.96. The Balaban J connectivity index is 1.71. The molecule has 0 saturated carbocycles. The average molecular weight is 287 g/mol. The van der Waals surface area contributed by atoms with E-state index in [0.29, 0.717) is 6.04 Å². The maximum Gasteiger partial charge on any atom is 0.0721 e. The van der Waals surface area contributed by atoms with Crippen LogP contribution in [0.5, 0.6) is 0 Å². The molecule has 20 heavy (non-hydrogen) atoms. The van der Waals surface area contributed by atoms with Crippen molar-refractivity contribution in [2.75, 3.05) is 13.2 Å². The summed E-state index contributed by atoms with van der Waals surface area (Å²) < 4.78 is 5.70. The largest absolute Gasteiger partial charge is 0.375 e. The number of fused-ring (bicyclic) bond motifs is 1. The Morgan fingerprint density at radius 2 is 2.10 bits per heavy atom. The molecule has 1 N–H and O–H groups in total.